The number of halogens is 2. The predicted octanol–water partition coefficient (Wildman–Crippen LogP) is 2.70. The van der Waals surface area contributed by atoms with Crippen molar-refractivity contribution in [2.24, 2.45) is 5.73 Å². The van der Waals surface area contributed by atoms with Gasteiger partial charge in [0.2, 0.25) is 5.91 Å². The van der Waals surface area contributed by atoms with Crippen LogP contribution >= 0.6 is 23.2 Å². The number of aromatic nitrogens is 1. The zero-order valence-corrected chi connectivity index (χ0v) is 17.6. The summed E-state index contributed by atoms with van der Waals surface area (Å²) in [6, 6.07) is 11.9. The summed E-state index contributed by atoms with van der Waals surface area (Å²) < 4.78 is 0. The van der Waals surface area contributed by atoms with Crippen LogP contribution in [0.4, 0.5) is 5.82 Å². The number of aliphatic hydroxyl groups is 3. The summed E-state index contributed by atoms with van der Waals surface area (Å²) in [7, 11) is 0. The summed E-state index contributed by atoms with van der Waals surface area (Å²) in [5.74, 6) is -1.90. The molecular weight excluding hydrogens is 445 g/mol. The minimum absolute atomic E-state index is 0.0335. The van der Waals surface area contributed by atoms with Gasteiger partial charge in [0.05, 0.1) is 10.6 Å². The van der Waals surface area contributed by atoms with Gasteiger partial charge in [0.1, 0.15) is 5.82 Å². The maximum absolute atomic E-state index is 13.0. The van der Waals surface area contributed by atoms with E-state index in [1.807, 2.05) is 0 Å². The molecule has 0 saturated heterocycles. The van der Waals surface area contributed by atoms with Gasteiger partial charge in [0.15, 0.2) is 0 Å². The van der Waals surface area contributed by atoms with Gasteiger partial charge in [-0.25, -0.2) is 9.88 Å². The third kappa shape index (κ3) is 4.68. The van der Waals surface area contributed by atoms with E-state index in [9.17, 15) is 24.9 Å². The smallest absolute Gasteiger partial charge is 0.366 e. The molecule has 1 heterocycles. The van der Waals surface area contributed by atoms with Gasteiger partial charge < -0.3 is 21.1 Å². The van der Waals surface area contributed by atoms with Crippen molar-refractivity contribution in [3.05, 3.63) is 81.5 Å². The fraction of sp³-hybridized carbons (Fsp3) is 0.0952. The molecule has 5 N–H and O–H groups in total. The molecule has 3 aromatic rings. The zero-order chi connectivity index (χ0) is 22.9. The number of carbonyl (C=O) groups is 2. The van der Waals surface area contributed by atoms with Crippen molar-refractivity contribution < 1.29 is 24.9 Å². The normalized spacial score (nSPS) is 11.3. The van der Waals surface area contributed by atoms with Gasteiger partial charge in [-0.15, -0.1) is 0 Å². The Hall–Kier alpha value is -3.01. The van der Waals surface area contributed by atoms with Crippen molar-refractivity contribution in [2.75, 3.05) is 4.90 Å². The number of nitrogens with two attached hydrogens (primary N) is 1. The molecular formula is C21H17Cl2N3O5. The second-order valence-corrected chi connectivity index (χ2v) is 7.45. The average molecular weight is 462 g/mol. The lowest BCUT2D eigenvalue weighted by molar-refractivity contribution is -0.304. The number of aryl methyl sites for hydroxylation is 1. The number of anilines is 1. The molecule has 2 amide bonds. The molecule has 0 aliphatic heterocycles. The van der Waals surface area contributed by atoms with Gasteiger partial charge in [0, 0.05) is 27.9 Å². The standard InChI is InChI=1S/C21H17Cl2N3O5/c1-11-3-2-4-16(23)18(11)20(28)26(21(29,30)31)17-8-6-13(10-25-17)14-9-12(19(24)27)5-7-15(14)22/h2-10,29-31H,1H3,(H2,24,27). The fourth-order valence-electron chi connectivity index (χ4n) is 2.99. The van der Waals surface area contributed by atoms with Gasteiger partial charge in [-0.2, -0.15) is 0 Å². The average Bonchev–Trinajstić information content (AvgIpc) is 2.68. The van der Waals surface area contributed by atoms with Crippen LogP contribution in [0.25, 0.3) is 11.1 Å². The Balaban J connectivity index is 2.05. The topological polar surface area (TPSA) is 137 Å². The van der Waals surface area contributed by atoms with Gasteiger partial charge in [0.25, 0.3) is 5.91 Å². The number of primary amides is 1. The van der Waals surface area contributed by atoms with E-state index < -0.39 is 17.9 Å². The minimum atomic E-state index is -3.55. The lowest BCUT2D eigenvalue weighted by Crippen LogP contribution is -2.53. The quantitative estimate of drug-likeness (QED) is 0.431. The second-order valence-electron chi connectivity index (χ2n) is 6.64. The Morgan fingerprint density at radius 1 is 1.03 bits per heavy atom. The van der Waals surface area contributed by atoms with E-state index in [-0.39, 0.29) is 26.9 Å². The number of hydrogen-bond acceptors (Lipinski definition) is 6. The van der Waals surface area contributed by atoms with E-state index in [1.165, 1.54) is 42.6 Å². The summed E-state index contributed by atoms with van der Waals surface area (Å²) in [4.78, 5) is 28.8. The third-order valence-corrected chi connectivity index (χ3v) is 5.12. The highest BCUT2D eigenvalue weighted by Gasteiger charge is 2.38. The molecule has 0 aliphatic carbocycles. The predicted molar refractivity (Wildman–Crippen MR) is 116 cm³/mol. The van der Waals surface area contributed by atoms with Crippen LogP contribution in [0, 0.1) is 6.92 Å². The van der Waals surface area contributed by atoms with Crippen LogP contribution in [0.15, 0.2) is 54.7 Å². The molecule has 0 unspecified atom stereocenters. The second kappa shape index (κ2) is 8.62. The molecule has 0 fully saturated rings. The molecule has 8 nitrogen and oxygen atoms in total. The molecule has 160 valence electrons. The van der Waals surface area contributed by atoms with Crippen LogP contribution in [-0.2, 0) is 0 Å². The lowest BCUT2D eigenvalue weighted by atomic mass is 10.0. The van der Waals surface area contributed by atoms with Crippen molar-refractivity contribution in [3.8, 4) is 11.1 Å². The maximum Gasteiger partial charge on any atom is 0.377 e. The SMILES string of the molecule is Cc1cccc(Cl)c1C(=O)N(c1ccc(-c2cc(C(N)=O)ccc2Cl)cn1)C(O)(O)O. The monoisotopic (exact) mass is 461 g/mol. The zero-order valence-electron chi connectivity index (χ0n) is 16.1. The molecule has 0 bridgehead atoms. The number of benzene rings is 2. The number of amides is 2. The highest BCUT2D eigenvalue weighted by atomic mass is 35.5. The van der Waals surface area contributed by atoms with E-state index in [2.05, 4.69) is 4.98 Å². The van der Waals surface area contributed by atoms with Crippen LogP contribution in [0.5, 0.6) is 0 Å². The minimum Gasteiger partial charge on any atom is -0.366 e. The summed E-state index contributed by atoms with van der Waals surface area (Å²) in [6.07, 6.45) is -2.27. The van der Waals surface area contributed by atoms with E-state index in [0.717, 1.165) is 0 Å². The van der Waals surface area contributed by atoms with Crippen LogP contribution in [0.3, 0.4) is 0 Å². The Kier molecular flexibility index (Phi) is 6.30. The van der Waals surface area contributed by atoms with Crippen molar-refractivity contribution in [1.82, 2.24) is 4.98 Å². The first-order valence-corrected chi connectivity index (χ1v) is 9.59. The Morgan fingerprint density at radius 3 is 2.29 bits per heavy atom. The van der Waals surface area contributed by atoms with E-state index in [1.54, 1.807) is 19.1 Å². The van der Waals surface area contributed by atoms with Crippen LogP contribution < -0.4 is 10.6 Å². The van der Waals surface area contributed by atoms with E-state index in [4.69, 9.17) is 28.9 Å². The highest BCUT2D eigenvalue weighted by Crippen LogP contribution is 2.31. The number of carbonyl (C=O) groups excluding carboxylic acids is 2. The van der Waals surface area contributed by atoms with Crippen molar-refractivity contribution >= 4 is 40.8 Å². The third-order valence-electron chi connectivity index (χ3n) is 4.48. The van der Waals surface area contributed by atoms with E-state index in [0.29, 0.717) is 21.7 Å². The number of pyridine rings is 1. The van der Waals surface area contributed by atoms with Crippen molar-refractivity contribution in [2.45, 2.75) is 13.0 Å². The summed E-state index contributed by atoms with van der Waals surface area (Å²) in [6.45, 7) is 1.61. The molecule has 0 atom stereocenters. The highest BCUT2D eigenvalue weighted by molar-refractivity contribution is 6.35. The van der Waals surface area contributed by atoms with Gasteiger partial charge in [-0.1, -0.05) is 35.3 Å². The number of rotatable bonds is 5. The largest absolute Gasteiger partial charge is 0.377 e. The number of nitrogens with zero attached hydrogens (tertiary/aromatic N) is 2. The molecule has 0 spiro atoms. The summed E-state index contributed by atoms with van der Waals surface area (Å²) in [5, 5.41) is 29.9. The van der Waals surface area contributed by atoms with Crippen molar-refractivity contribution in [3.63, 3.8) is 0 Å². The van der Waals surface area contributed by atoms with Gasteiger partial charge in [-0.3, -0.25) is 9.59 Å². The van der Waals surface area contributed by atoms with Crippen LogP contribution in [-0.4, -0.2) is 38.2 Å². The first kappa shape index (κ1) is 22.7. The molecule has 10 heteroatoms. The molecule has 3 rings (SSSR count). The molecule has 0 saturated carbocycles. The molecule has 31 heavy (non-hydrogen) atoms. The number of hydrogen-bond donors (Lipinski definition) is 4. The Bertz CT molecular complexity index is 1140. The molecule has 0 radical (unpaired) electrons. The van der Waals surface area contributed by atoms with Gasteiger partial charge >= 0.3 is 6.10 Å². The van der Waals surface area contributed by atoms with Crippen LogP contribution in [0.2, 0.25) is 10.0 Å². The van der Waals surface area contributed by atoms with Crippen LogP contribution in [0.1, 0.15) is 26.3 Å². The summed E-state index contributed by atoms with van der Waals surface area (Å²) >= 11 is 12.3. The maximum atomic E-state index is 13.0. The van der Waals surface area contributed by atoms with Gasteiger partial charge in [-0.05, 0) is 48.9 Å². The summed E-state index contributed by atoms with van der Waals surface area (Å²) in [5.41, 5.74) is 6.85. The van der Waals surface area contributed by atoms with E-state index >= 15 is 0 Å². The Morgan fingerprint density at radius 2 is 1.74 bits per heavy atom. The molecule has 2 aromatic carbocycles. The Labute approximate surface area is 187 Å². The first-order valence-electron chi connectivity index (χ1n) is 8.83. The van der Waals surface area contributed by atoms with Crippen molar-refractivity contribution in [1.29, 1.82) is 0 Å². The lowest BCUT2D eigenvalue weighted by Gasteiger charge is -2.30. The molecule has 1 aromatic heterocycles. The molecule has 0 aliphatic rings. The fourth-order valence-corrected chi connectivity index (χ4v) is 3.52. The first-order chi connectivity index (χ1) is 14.5.